The van der Waals surface area contributed by atoms with E-state index in [-0.39, 0.29) is 23.7 Å². The molecule has 0 aliphatic carbocycles. The smallest absolute Gasteiger partial charge is 0.244 e. The summed E-state index contributed by atoms with van der Waals surface area (Å²) in [5.41, 5.74) is 0.875. The summed E-state index contributed by atoms with van der Waals surface area (Å²) >= 11 is 6.06. The van der Waals surface area contributed by atoms with Crippen LogP contribution in [0.2, 0.25) is 5.02 Å². The average Bonchev–Trinajstić information content (AvgIpc) is 2.65. The maximum Gasteiger partial charge on any atom is 0.244 e. The molecule has 0 spiro atoms. The van der Waals surface area contributed by atoms with Gasteiger partial charge in [-0.05, 0) is 49.2 Å². The molecule has 1 amide bonds. The van der Waals surface area contributed by atoms with E-state index in [1.54, 1.807) is 38.1 Å². The zero-order valence-electron chi connectivity index (χ0n) is 16.6. The lowest BCUT2D eigenvalue weighted by Crippen LogP contribution is -2.49. The molecule has 0 aliphatic rings. The van der Waals surface area contributed by atoms with Crippen molar-refractivity contribution in [2.45, 2.75) is 32.4 Å². The lowest BCUT2D eigenvalue weighted by atomic mass is 10.1. The molecule has 0 bridgehead atoms. The zero-order chi connectivity index (χ0) is 21.8. The van der Waals surface area contributed by atoms with Crippen LogP contribution < -0.4 is 14.4 Å². The molecule has 0 saturated heterocycles. The Morgan fingerprint density at radius 1 is 1.24 bits per heavy atom. The fourth-order valence-electron chi connectivity index (χ4n) is 3.02. The maximum atomic E-state index is 13.1. The number of amides is 1. The second-order valence-electron chi connectivity index (χ2n) is 6.58. The van der Waals surface area contributed by atoms with E-state index in [1.165, 1.54) is 25.3 Å². The minimum Gasteiger partial charge on any atom is -0.495 e. The highest BCUT2D eigenvalue weighted by molar-refractivity contribution is 7.92. The molecule has 2 aromatic rings. The predicted octanol–water partition coefficient (Wildman–Crippen LogP) is 3.91. The summed E-state index contributed by atoms with van der Waals surface area (Å²) in [7, 11) is -2.44. The van der Waals surface area contributed by atoms with Gasteiger partial charge in [0.25, 0.3) is 0 Å². The molecule has 0 fully saturated rings. The lowest BCUT2D eigenvalue weighted by Gasteiger charge is -2.32. The topological polar surface area (TPSA) is 75.7 Å². The van der Waals surface area contributed by atoms with Gasteiger partial charge < -0.3 is 10.1 Å². The third-order valence-corrected chi connectivity index (χ3v) is 5.84. The predicted molar refractivity (Wildman–Crippen MR) is 112 cm³/mol. The van der Waals surface area contributed by atoms with Crippen LogP contribution in [0.3, 0.4) is 0 Å². The third-order valence-electron chi connectivity index (χ3n) is 4.44. The van der Waals surface area contributed by atoms with Gasteiger partial charge in [0.2, 0.25) is 15.9 Å². The van der Waals surface area contributed by atoms with E-state index in [9.17, 15) is 17.6 Å². The Morgan fingerprint density at radius 2 is 1.86 bits per heavy atom. The first-order valence-electron chi connectivity index (χ1n) is 8.97. The van der Waals surface area contributed by atoms with E-state index >= 15 is 0 Å². The van der Waals surface area contributed by atoms with Gasteiger partial charge in [0.15, 0.2) is 0 Å². The average molecular weight is 443 g/mol. The zero-order valence-corrected chi connectivity index (χ0v) is 18.2. The number of anilines is 1. The summed E-state index contributed by atoms with van der Waals surface area (Å²) in [6, 6.07) is 8.82. The Hall–Kier alpha value is -2.32. The van der Waals surface area contributed by atoms with Crippen molar-refractivity contribution < 1.29 is 22.3 Å². The van der Waals surface area contributed by atoms with Gasteiger partial charge in [0, 0.05) is 5.02 Å². The summed E-state index contributed by atoms with van der Waals surface area (Å²) < 4.78 is 44.7. The molecule has 0 unspecified atom stereocenters. The molecule has 2 aromatic carbocycles. The van der Waals surface area contributed by atoms with E-state index in [1.807, 2.05) is 0 Å². The van der Waals surface area contributed by atoms with Crippen LogP contribution in [0.1, 0.15) is 31.9 Å². The van der Waals surface area contributed by atoms with Crippen LogP contribution in [0.5, 0.6) is 5.75 Å². The number of sulfonamides is 1. The highest BCUT2D eigenvalue weighted by atomic mass is 35.5. The van der Waals surface area contributed by atoms with Gasteiger partial charge in [-0.15, -0.1) is 0 Å². The van der Waals surface area contributed by atoms with E-state index in [2.05, 4.69) is 5.32 Å². The molecule has 2 atom stereocenters. The van der Waals surface area contributed by atoms with Crippen LogP contribution in [0, 0.1) is 5.82 Å². The molecule has 6 nitrogen and oxygen atoms in total. The van der Waals surface area contributed by atoms with E-state index < -0.39 is 28.0 Å². The van der Waals surface area contributed by atoms with E-state index in [0.29, 0.717) is 10.6 Å². The molecule has 2 rings (SSSR count). The van der Waals surface area contributed by atoms with Gasteiger partial charge in [-0.3, -0.25) is 9.10 Å². The minimum absolute atomic E-state index is 0.180. The van der Waals surface area contributed by atoms with Gasteiger partial charge >= 0.3 is 0 Å². The molecular formula is C20H24ClFN2O4S. The van der Waals surface area contributed by atoms with Crippen molar-refractivity contribution in [2.24, 2.45) is 0 Å². The number of hydrogen-bond donors (Lipinski definition) is 1. The number of hydrogen-bond acceptors (Lipinski definition) is 4. The van der Waals surface area contributed by atoms with Crippen LogP contribution in [-0.4, -0.2) is 33.7 Å². The van der Waals surface area contributed by atoms with Crippen LogP contribution in [0.4, 0.5) is 10.1 Å². The summed E-state index contributed by atoms with van der Waals surface area (Å²) in [5, 5.41) is 3.11. The number of nitrogens with one attached hydrogen (secondary N) is 1. The summed E-state index contributed by atoms with van der Waals surface area (Å²) in [4.78, 5) is 13.0. The highest BCUT2D eigenvalue weighted by Gasteiger charge is 2.34. The van der Waals surface area contributed by atoms with Gasteiger partial charge in [0.05, 0.1) is 25.1 Å². The van der Waals surface area contributed by atoms with Crippen LogP contribution >= 0.6 is 11.6 Å². The van der Waals surface area contributed by atoms with Crippen molar-refractivity contribution in [2.75, 3.05) is 17.7 Å². The number of nitrogens with zero attached hydrogens (tertiary/aromatic N) is 1. The van der Waals surface area contributed by atoms with Crippen LogP contribution in [-0.2, 0) is 14.8 Å². The molecule has 29 heavy (non-hydrogen) atoms. The number of benzene rings is 2. The van der Waals surface area contributed by atoms with Crippen molar-refractivity contribution in [1.29, 1.82) is 0 Å². The summed E-state index contributed by atoms with van der Waals surface area (Å²) in [5.74, 6) is -0.593. The van der Waals surface area contributed by atoms with E-state index in [4.69, 9.17) is 16.3 Å². The standard InChI is InChI=1S/C20H24ClFN2O4S/c1-5-17(20(25)23-13(2)14-6-9-16(22)10-7-14)24(29(4,26)27)18-12-15(21)8-11-19(18)28-3/h6-13,17H,5H2,1-4H3,(H,23,25)/t13-,17+/m1/s1. The number of halogens is 2. The first-order chi connectivity index (χ1) is 13.6. The Balaban J connectivity index is 2.40. The normalized spacial score (nSPS) is 13.4. The molecule has 0 aliphatic heterocycles. The van der Waals surface area contributed by atoms with Crippen molar-refractivity contribution in [1.82, 2.24) is 5.32 Å². The number of carbonyl (C=O) groups excluding carboxylic acids is 1. The number of ether oxygens (including phenoxy) is 1. The Labute approximate surface area is 175 Å². The molecule has 158 valence electrons. The van der Waals surface area contributed by atoms with E-state index in [0.717, 1.165) is 10.6 Å². The molecule has 0 heterocycles. The number of carbonyl (C=O) groups is 1. The highest BCUT2D eigenvalue weighted by Crippen LogP contribution is 2.35. The SMILES string of the molecule is CC[C@@H](C(=O)N[C@H](C)c1ccc(F)cc1)N(c1cc(Cl)ccc1OC)S(C)(=O)=O. The first kappa shape index (κ1) is 23.0. The quantitative estimate of drug-likeness (QED) is 0.672. The van der Waals surface area contributed by atoms with Gasteiger partial charge in [-0.2, -0.15) is 0 Å². The molecule has 1 N–H and O–H groups in total. The molecule has 0 aromatic heterocycles. The second kappa shape index (κ2) is 9.45. The number of rotatable bonds is 8. The fourth-order valence-corrected chi connectivity index (χ4v) is 4.39. The Morgan fingerprint density at radius 3 is 2.38 bits per heavy atom. The lowest BCUT2D eigenvalue weighted by molar-refractivity contribution is -0.122. The van der Waals surface area contributed by atoms with Crippen molar-refractivity contribution in [3.63, 3.8) is 0 Å². The summed E-state index contributed by atoms with van der Waals surface area (Å²) in [6.45, 7) is 3.45. The minimum atomic E-state index is -3.85. The Bertz CT molecular complexity index is 967. The first-order valence-corrected chi connectivity index (χ1v) is 11.2. The van der Waals surface area contributed by atoms with Crippen molar-refractivity contribution >= 4 is 33.2 Å². The molecular weight excluding hydrogens is 419 g/mol. The fraction of sp³-hybridized carbons (Fsp3) is 0.350. The van der Waals surface area contributed by atoms with Crippen molar-refractivity contribution in [3.8, 4) is 5.75 Å². The molecule has 9 heteroatoms. The van der Waals surface area contributed by atoms with Crippen LogP contribution in [0.15, 0.2) is 42.5 Å². The maximum absolute atomic E-state index is 13.1. The number of methoxy groups -OCH3 is 1. The monoisotopic (exact) mass is 442 g/mol. The third kappa shape index (κ3) is 5.61. The van der Waals surface area contributed by atoms with Gasteiger partial charge in [-0.1, -0.05) is 30.7 Å². The van der Waals surface area contributed by atoms with Gasteiger partial charge in [-0.25, -0.2) is 12.8 Å². The second-order valence-corrected chi connectivity index (χ2v) is 8.88. The largest absolute Gasteiger partial charge is 0.495 e. The van der Waals surface area contributed by atoms with Gasteiger partial charge in [0.1, 0.15) is 17.6 Å². The molecule has 0 saturated carbocycles. The van der Waals surface area contributed by atoms with Crippen molar-refractivity contribution in [3.05, 3.63) is 58.9 Å². The molecule has 0 radical (unpaired) electrons. The summed E-state index contributed by atoms with van der Waals surface area (Å²) in [6.07, 6.45) is 1.23. The Kier molecular flexibility index (Phi) is 7.48. The van der Waals surface area contributed by atoms with Crippen LogP contribution in [0.25, 0.3) is 0 Å².